The molecule has 1 aliphatic rings. The van der Waals surface area contributed by atoms with Gasteiger partial charge in [-0.3, -0.25) is 4.79 Å². The minimum atomic E-state index is -4.44. The van der Waals surface area contributed by atoms with Gasteiger partial charge in [0.15, 0.2) is 5.76 Å². The van der Waals surface area contributed by atoms with Crippen molar-refractivity contribution in [2.45, 2.75) is 12.1 Å². The Kier molecular flexibility index (Phi) is 3.78. The van der Waals surface area contributed by atoms with Crippen LogP contribution in [0.1, 0.15) is 27.9 Å². The Hall–Kier alpha value is -3.10. The summed E-state index contributed by atoms with van der Waals surface area (Å²) in [6, 6.07) is 7.94. The summed E-state index contributed by atoms with van der Waals surface area (Å²) in [6.07, 6.45) is -3.02. The molecular weight excluding hydrogens is 351 g/mol. The molecule has 0 bridgehead atoms. The molecule has 2 aromatic heterocycles. The lowest BCUT2D eigenvalue weighted by Gasteiger charge is -2.36. The number of halogens is 3. The Labute approximate surface area is 145 Å². The standard InChI is InChI=1S/C17H12F3N3O3/c18-17(19,20)12-4-1-3-10(7-12)14-21-15(26-22-14)11-8-23(9-11)16(24)13-5-2-6-25-13/h1-7,11H,8-9H2. The van der Waals surface area contributed by atoms with E-state index in [0.717, 1.165) is 12.1 Å². The molecule has 1 aromatic carbocycles. The fourth-order valence-corrected chi connectivity index (χ4v) is 2.71. The molecule has 0 spiro atoms. The molecule has 1 saturated heterocycles. The first-order valence-electron chi connectivity index (χ1n) is 7.76. The van der Waals surface area contributed by atoms with Gasteiger partial charge in [-0.1, -0.05) is 17.3 Å². The smallest absolute Gasteiger partial charge is 0.416 e. The highest BCUT2D eigenvalue weighted by atomic mass is 19.4. The van der Waals surface area contributed by atoms with Gasteiger partial charge in [-0.2, -0.15) is 18.2 Å². The summed E-state index contributed by atoms with van der Waals surface area (Å²) in [4.78, 5) is 17.8. The van der Waals surface area contributed by atoms with E-state index in [9.17, 15) is 18.0 Å². The van der Waals surface area contributed by atoms with Gasteiger partial charge in [-0.25, -0.2) is 0 Å². The van der Waals surface area contributed by atoms with Crippen LogP contribution in [0.2, 0.25) is 0 Å². The third kappa shape index (κ3) is 2.96. The number of hydrogen-bond donors (Lipinski definition) is 0. The third-order valence-electron chi connectivity index (χ3n) is 4.14. The van der Waals surface area contributed by atoms with E-state index in [4.69, 9.17) is 8.94 Å². The Balaban J connectivity index is 1.46. The molecule has 4 rings (SSSR count). The predicted molar refractivity (Wildman–Crippen MR) is 82.1 cm³/mol. The Morgan fingerprint density at radius 1 is 1.19 bits per heavy atom. The summed E-state index contributed by atoms with van der Waals surface area (Å²) in [6.45, 7) is 0.757. The lowest BCUT2D eigenvalue weighted by molar-refractivity contribution is -0.137. The Bertz CT molecular complexity index is 928. The number of furan rings is 1. The maximum absolute atomic E-state index is 12.8. The van der Waals surface area contributed by atoms with Crippen molar-refractivity contribution in [1.82, 2.24) is 15.0 Å². The SMILES string of the molecule is O=C(c1ccco1)N1CC(c2nc(-c3cccc(C(F)(F)F)c3)no2)C1. The van der Waals surface area contributed by atoms with Crippen LogP contribution in [0.5, 0.6) is 0 Å². The lowest BCUT2D eigenvalue weighted by atomic mass is 10.00. The van der Waals surface area contributed by atoms with Gasteiger partial charge in [-0.05, 0) is 24.3 Å². The molecule has 9 heteroatoms. The zero-order valence-electron chi connectivity index (χ0n) is 13.2. The number of hydrogen-bond acceptors (Lipinski definition) is 5. The van der Waals surface area contributed by atoms with E-state index >= 15 is 0 Å². The fraction of sp³-hybridized carbons (Fsp3) is 0.235. The van der Waals surface area contributed by atoms with Crippen LogP contribution in [-0.4, -0.2) is 34.0 Å². The van der Waals surface area contributed by atoms with E-state index in [2.05, 4.69) is 10.1 Å². The molecule has 1 amide bonds. The average molecular weight is 363 g/mol. The van der Waals surface area contributed by atoms with Crippen molar-refractivity contribution in [3.05, 3.63) is 59.9 Å². The molecule has 0 N–H and O–H groups in total. The van der Waals surface area contributed by atoms with Crippen molar-refractivity contribution in [3.63, 3.8) is 0 Å². The van der Waals surface area contributed by atoms with Crippen LogP contribution in [0, 0.1) is 0 Å². The van der Waals surface area contributed by atoms with Crippen molar-refractivity contribution in [2.75, 3.05) is 13.1 Å². The maximum Gasteiger partial charge on any atom is 0.416 e. The number of alkyl halides is 3. The fourth-order valence-electron chi connectivity index (χ4n) is 2.71. The van der Waals surface area contributed by atoms with Crippen molar-refractivity contribution < 1.29 is 26.9 Å². The Morgan fingerprint density at radius 3 is 2.69 bits per heavy atom. The van der Waals surface area contributed by atoms with Crippen LogP contribution in [-0.2, 0) is 6.18 Å². The van der Waals surface area contributed by atoms with E-state index in [-0.39, 0.29) is 29.0 Å². The summed E-state index contributed by atoms with van der Waals surface area (Å²) in [5, 5.41) is 3.76. The molecule has 1 fully saturated rings. The highest BCUT2D eigenvalue weighted by Crippen LogP contribution is 2.33. The van der Waals surface area contributed by atoms with Crippen LogP contribution in [0.15, 0.2) is 51.6 Å². The minimum absolute atomic E-state index is 0.0851. The van der Waals surface area contributed by atoms with Gasteiger partial charge in [0.2, 0.25) is 11.7 Å². The lowest BCUT2D eigenvalue weighted by Crippen LogP contribution is -2.48. The van der Waals surface area contributed by atoms with Gasteiger partial charge >= 0.3 is 6.18 Å². The van der Waals surface area contributed by atoms with Crippen molar-refractivity contribution >= 4 is 5.91 Å². The summed E-state index contributed by atoms with van der Waals surface area (Å²) >= 11 is 0. The van der Waals surface area contributed by atoms with Crippen LogP contribution < -0.4 is 0 Å². The maximum atomic E-state index is 12.8. The monoisotopic (exact) mass is 363 g/mol. The summed E-state index contributed by atoms with van der Waals surface area (Å²) in [5.41, 5.74) is -0.558. The number of rotatable bonds is 3. The molecule has 0 unspecified atom stereocenters. The first-order chi connectivity index (χ1) is 12.4. The molecule has 3 heterocycles. The van der Waals surface area contributed by atoms with Gasteiger partial charge < -0.3 is 13.8 Å². The van der Waals surface area contributed by atoms with E-state index < -0.39 is 11.7 Å². The number of carbonyl (C=O) groups excluding carboxylic acids is 1. The molecule has 0 atom stereocenters. The Morgan fingerprint density at radius 2 is 2.00 bits per heavy atom. The van der Waals surface area contributed by atoms with Gasteiger partial charge in [0.1, 0.15) is 0 Å². The number of likely N-dealkylation sites (tertiary alicyclic amines) is 1. The first kappa shape index (κ1) is 16.4. The molecular formula is C17H12F3N3O3. The van der Waals surface area contributed by atoms with Crippen molar-refractivity contribution in [3.8, 4) is 11.4 Å². The second-order valence-electron chi connectivity index (χ2n) is 5.92. The number of nitrogens with zero attached hydrogens (tertiary/aromatic N) is 3. The van der Waals surface area contributed by atoms with Gasteiger partial charge in [0.05, 0.1) is 17.7 Å². The highest BCUT2D eigenvalue weighted by Gasteiger charge is 2.37. The number of amides is 1. The number of carbonyl (C=O) groups is 1. The van der Waals surface area contributed by atoms with Crippen LogP contribution >= 0.6 is 0 Å². The zero-order valence-corrected chi connectivity index (χ0v) is 13.2. The van der Waals surface area contributed by atoms with E-state index in [0.29, 0.717) is 19.0 Å². The molecule has 26 heavy (non-hydrogen) atoms. The minimum Gasteiger partial charge on any atom is -0.459 e. The second kappa shape index (κ2) is 6.01. The zero-order chi connectivity index (χ0) is 18.3. The molecule has 0 saturated carbocycles. The van der Waals surface area contributed by atoms with Gasteiger partial charge in [0, 0.05) is 18.7 Å². The molecule has 0 radical (unpaired) electrons. The van der Waals surface area contributed by atoms with E-state index in [1.54, 1.807) is 17.0 Å². The second-order valence-corrected chi connectivity index (χ2v) is 5.92. The largest absolute Gasteiger partial charge is 0.459 e. The predicted octanol–water partition coefficient (Wildman–Crippen LogP) is 3.59. The number of benzene rings is 1. The molecule has 3 aromatic rings. The van der Waals surface area contributed by atoms with Gasteiger partial charge in [0.25, 0.3) is 5.91 Å². The van der Waals surface area contributed by atoms with E-state index in [1.165, 1.54) is 18.4 Å². The molecule has 6 nitrogen and oxygen atoms in total. The quantitative estimate of drug-likeness (QED) is 0.711. The average Bonchev–Trinajstić information content (AvgIpc) is 3.25. The third-order valence-corrected chi connectivity index (χ3v) is 4.14. The van der Waals surface area contributed by atoms with Crippen LogP contribution in [0.4, 0.5) is 13.2 Å². The summed E-state index contributed by atoms with van der Waals surface area (Å²) in [7, 11) is 0. The first-order valence-corrected chi connectivity index (χ1v) is 7.76. The molecule has 0 aliphatic carbocycles. The highest BCUT2D eigenvalue weighted by molar-refractivity contribution is 5.92. The molecule has 134 valence electrons. The van der Waals surface area contributed by atoms with Crippen molar-refractivity contribution in [1.29, 1.82) is 0 Å². The molecule has 1 aliphatic heterocycles. The van der Waals surface area contributed by atoms with Crippen molar-refractivity contribution in [2.24, 2.45) is 0 Å². The van der Waals surface area contributed by atoms with Crippen LogP contribution in [0.25, 0.3) is 11.4 Å². The van der Waals surface area contributed by atoms with E-state index in [1.807, 2.05) is 0 Å². The van der Waals surface area contributed by atoms with Gasteiger partial charge in [-0.15, -0.1) is 0 Å². The summed E-state index contributed by atoms with van der Waals surface area (Å²) in [5.74, 6) is 0.242. The normalized spacial score (nSPS) is 15.1. The summed E-state index contributed by atoms with van der Waals surface area (Å²) < 4.78 is 48.6. The van der Waals surface area contributed by atoms with Crippen LogP contribution in [0.3, 0.4) is 0 Å². The number of aromatic nitrogens is 2. The topological polar surface area (TPSA) is 72.4 Å².